The van der Waals surface area contributed by atoms with Crippen molar-refractivity contribution < 1.29 is 4.57 Å². The van der Waals surface area contributed by atoms with Gasteiger partial charge in [-0.1, -0.05) is 156 Å². The third-order valence-corrected chi connectivity index (χ3v) is 9.78. The van der Waals surface area contributed by atoms with E-state index in [-0.39, 0.29) is 21.7 Å². The summed E-state index contributed by atoms with van der Waals surface area (Å²) in [4.78, 5) is 0. The molecule has 0 saturated carbocycles. The van der Waals surface area contributed by atoms with Crippen LogP contribution >= 0.6 is 0 Å². The molecule has 0 radical (unpaired) electrons. The zero-order valence-electron chi connectivity index (χ0n) is 31.6. The third-order valence-electron chi connectivity index (χ3n) is 9.78. The maximum Gasteiger partial charge on any atom is 0.263 e. The molecule has 1 aromatic heterocycles. The van der Waals surface area contributed by atoms with Crippen LogP contribution in [0.3, 0.4) is 0 Å². The molecule has 0 saturated heterocycles. The summed E-state index contributed by atoms with van der Waals surface area (Å²) < 4.78 is 4.80. The smallest absolute Gasteiger partial charge is 0.199 e. The lowest BCUT2D eigenvalue weighted by atomic mass is 9.78. The molecule has 5 aromatic rings. The van der Waals surface area contributed by atoms with Crippen molar-refractivity contribution >= 4 is 0 Å². The van der Waals surface area contributed by atoms with E-state index in [0.29, 0.717) is 0 Å². The third kappa shape index (κ3) is 6.89. The van der Waals surface area contributed by atoms with Crippen LogP contribution in [0.1, 0.15) is 117 Å². The van der Waals surface area contributed by atoms with E-state index in [1.54, 1.807) is 0 Å². The molecular weight excluding hydrogens is 569 g/mol. The van der Waals surface area contributed by atoms with E-state index < -0.39 is 0 Å². The zero-order valence-corrected chi connectivity index (χ0v) is 31.6. The molecule has 0 spiro atoms. The highest BCUT2D eigenvalue weighted by Crippen LogP contribution is 2.38. The van der Waals surface area contributed by atoms with E-state index in [1.807, 2.05) is 0 Å². The minimum absolute atomic E-state index is 0.0370. The van der Waals surface area contributed by atoms with Crippen LogP contribution in [-0.2, 0) is 21.7 Å². The Hall–Kier alpha value is -3.91. The first-order valence-electron chi connectivity index (χ1n) is 17.3. The number of benzene rings is 4. The van der Waals surface area contributed by atoms with Gasteiger partial charge in [-0.2, -0.15) is 9.13 Å². The second kappa shape index (κ2) is 12.0. The van der Waals surface area contributed by atoms with E-state index in [9.17, 15) is 0 Å². The lowest BCUT2D eigenvalue weighted by molar-refractivity contribution is -0.600. The summed E-state index contributed by atoms with van der Waals surface area (Å²) in [5.74, 6) is 1.17. The summed E-state index contributed by atoms with van der Waals surface area (Å²) in [6.07, 6.45) is 4.51. The molecule has 2 heteroatoms. The van der Waals surface area contributed by atoms with Crippen LogP contribution in [0.25, 0.3) is 33.6 Å². The van der Waals surface area contributed by atoms with Gasteiger partial charge in [0.05, 0.1) is 0 Å². The normalized spacial score (nSPS) is 12.9. The van der Waals surface area contributed by atoms with Gasteiger partial charge in [0.25, 0.3) is 5.82 Å². The van der Waals surface area contributed by atoms with Gasteiger partial charge >= 0.3 is 0 Å². The van der Waals surface area contributed by atoms with Crippen molar-refractivity contribution in [1.82, 2.24) is 4.57 Å². The standard InChI is InChI=1S/C45H57N2/c1-30-39(45(12,13)14)28-36(44(9,10)11)29-40(30)46-26-27-47(31(46)2)41-37(32-18-22-34(23-19-32)42(3,4)5)16-15-17-38(41)33-20-24-35(25-21-33)43(6,7)8/h15-29H,1-14H3/q+1. The lowest BCUT2D eigenvalue weighted by Crippen LogP contribution is -2.34. The van der Waals surface area contributed by atoms with Gasteiger partial charge in [0.2, 0.25) is 0 Å². The summed E-state index contributed by atoms with van der Waals surface area (Å²) in [6.45, 7) is 32.1. The zero-order chi connectivity index (χ0) is 34.7. The Bertz CT molecular complexity index is 1810. The maximum atomic E-state index is 2.43. The first kappa shape index (κ1) is 34.4. The number of hydrogen-bond donors (Lipinski definition) is 0. The number of hydrogen-bond acceptors (Lipinski definition) is 0. The summed E-state index contributed by atoms with van der Waals surface area (Å²) in [6, 6.07) is 30.0. The number of rotatable bonds is 4. The molecule has 1 heterocycles. The van der Waals surface area contributed by atoms with Crippen molar-refractivity contribution in [2.24, 2.45) is 0 Å². The average molecular weight is 626 g/mol. The Kier molecular flexibility index (Phi) is 8.76. The number of nitrogens with zero attached hydrogens (tertiary/aromatic N) is 2. The summed E-state index contributed by atoms with van der Waals surface area (Å²) >= 11 is 0. The van der Waals surface area contributed by atoms with Gasteiger partial charge in [0.1, 0.15) is 23.8 Å². The average Bonchev–Trinajstić information content (AvgIpc) is 3.35. The molecule has 0 atom stereocenters. The van der Waals surface area contributed by atoms with Gasteiger partial charge in [-0.3, -0.25) is 0 Å². The molecule has 0 aliphatic rings. The second-order valence-corrected chi connectivity index (χ2v) is 17.6. The number of aromatic nitrogens is 2. The van der Waals surface area contributed by atoms with Crippen LogP contribution < -0.4 is 4.57 Å². The fourth-order valence-corrected chi connectivity index (χ4v) is 6.69. The fraction of sp³-hybridized carbons (Fsp3) is 0.400. The first-order valence-corrected chi connectivity index (χ1v) is 17.3. The maximum absolute atomic E-state index is 2.43. The molecule has 246 valence electrons. The van der Waals surface area contributed by atoms with Crippen molar-refractivity contribution in [3.8, 4) is 33.6 Å². The van der Waals surface area contributed by atoms with Crippen molar-refractivity contribution in [2.45, 2.75) is 119 Å². The Morgan fingerprint density at radius 1 is 0.511 bits per heavy atom. The van der Waals surface area contributed by atoms with Crippen LogP contribution in [0.2, 0.25) is 0 Å². The Morgan fingerprint density at radius 3 is 1.36 bits per heavy atom. The first-order chi connectivity index (χ1) is 21.7. The van der Waals surface area contributed by atoms with Gasteiger partial charge in [-0.05, 0) is 73.6 Å². The molecule has 0 amide bonds. The highest BCUT2D eigenvalue weighted by Gasteiger charge is 2.29. The fourth-order valence-electron chi connectivity index (χ4n) is 6.69. The van der Waals surface area contributed by atoms with E-state index in [0.717, 1.165) is 0 Å². The van der Waals surface area contributed by atoms with Gasteiger partial charge in [-0.25, -0.2) is 0 Å². The lowest BCUT2D eigenvalue weighted by Gasteiger charge is -2.27. The Labute approximate surface area is 285 Å². The van der Waals surface area contributed by atoms with Crippen molar-refractivity contribution in [2.75, 3.05) is 0 Å². The van der Waals surface area contributed by atoms with Crippen LogP contribution in [0.4, 0.5) is 0 Å². The quantitative estimate of drug-likeness (QED) is 0.176. The van der Waals surface area contributed by atoms with E-state index >= 15 is 0 Å². The molecule has 0 unspecified atom stereocenters. The van der Waals surface area contributed by atoms with Gasteiger partial charge in [0, 0.05) is 18.1 Å². The van der Waals surface area contributed by atoms with E-state index in [2.05, 4.69) is 197 Å². The Morgan fingerprint density at radius 2 is 0.957 bits per heavy atom. The van der Waals surface area contributed by atoms with Gasteiger partial charge in [-0.15, -0.1) is 0 Å². The topological polar surface area (TPSA) is 8.81 Å². The summed E-state index contributed by atoms with van der Waals surface area (Å²) in [7, 11) is 0. The highest BCUT2D eigenvalue weighted by atomic mass is 15.2. The largest absolute Gasteiger partial charge is 0.263 e. The highest BCUT2D eigenvalue weighted by molar-refractivity contribution is 5.83. The SMILES string of the molecule is Cc1c(-n2cc[n+](-c3c(-c4ccc(C(C)(C)C)cc4)cccc3-c3ccc(C(C)(C)C)cc3)c2C)cc(C(C)(C)C)cc1C(C)(C)C. The molecule has 47 heavy (non-hydrogen) atoms. The van der Waals surface area contributed by atoms with Gasteiger partial charge < -0.3 is 0 Å². The summed E-state index contributed by atoms with van der Waals surface area (Å²) in [5, 5.41) is 0. The molecule has 4 aromatic carbocycles. The number of imidazole rings is 1. The molecular formula is C45H57N2+. The molecule has 0 N–H and O–H groups in total. The van der Waals surface area contributed by atoms with Crippen molar-refractivity contribution in [3.63, 3.8) is 0 Å². The minimum atomic E-state index is 0.0370. The summed E-state index contributed by atoms with van der Waals surface area (Å²) in [5.41, 5.74) is 14.4. The van der Waals surface area contributed by atoms with Crippen molar-refractivity contribution in [1.29, 1.82) is 0 Å². The molecule has 2 nitrogen and oxygen atoms in total. The van der Waals surface area contributed by atoms with E-state index in [4.69, 9.17) is 0 Å². The predicted octanol–water partition coefficient (Wildman–Crippen LogP) is 11.9. The monoisotopic (exact) mass is 625 g/mol. The van der Waals surface area contributed by atoms with Gasteiger partial charge in [0.15, 0.2) is 0 Å². The number of para-hydroxylation sites is 1. The molecule has 0 fully saturated rings. The van der Waals surface area contributed by atoms with Crippen molar-refractivity contribution in [3.05, 3.63) is 125 Å². The predicted molar refractivity (Wildman–Crippen MR) is 202 cm³/mol. The molecule has 5 rings (SSSR count). The minimum Gasteiger partial charge on any atom is -0.199 e. The van der Waals surface area contributed by atoms with Crippen LogP contribution in [-0.4, -0.2) is 4.57 Å². The Balaban J connectivity index is 1.78. The van der Waals surface area contributed by atoms with Crippen LogP contribution in [0.5, 0.6) is 0 Å². The van der Waals surface area contributed by atoms with Crippen LogP contribution in [0.15, 0.2) is 91.3 Å². The van der Waals surface area contributed by atoms with E-state index in [1.165, 1.54) is 67.3 Å². The molecule has 0 aliphatic carbocycles. The van der Waals surface area contributed by atoms with Crippen LogP contribution in [0, 0.1) is 13.8 Å². The second-order valence-electron chi connectivity index (χ2n) is 17.6. The molecule has 0 aliphatic heterocycles. The molecule has 0 bridgehead atoms.